The van der Waals surface area contributed by atoms with Crippen LogP contribution in [0.25, 0.3) is 0 Å². The number of hydrogen-bond acceptors (Lipinski definition) is 3. The van der Waals surface area contributed by atoms with Crippen molar-refractivity contribution in [2.75, 3.05) is 6.54 Å². The average Bonchev–Trinajstić information content (AvgIpc) is 3.41. The fourth-order valence-electron chi connectivity index (χ4n) is 2.37. The van der Waals surface area contributed by atoms with E-state index in [-0.39, 0.29) is 29.2 Å². The van der Waals surface area contributed by atoms with Gasteiger partial charge < -0.3 is 5.32 Å². The van der Waals surface area contributed by atoms with E-state index in [1.165, 1.54) is 24.3 Å². The van der Waals surface area contributed by atoms with Crippen molar-refractivity contribution in [3.05, 3.63) is 65.5 Å². The van der Waals surface area contributed by atoms with Gasteiger partial charge in [0, 0.05) is 18.2 Å². The molecule has 2 aromatic rings. The van der Waals surface area contributed by atoms with Gasteiger partial charge in [-0.25, -0.2) is 17.5 Å². The first-order valence-electron chi connectivity index (χ1n) is 8.09. The third-order valence-corrected chi connectivity index (χ3v) is 5.40. The van der Waals surface area contributed by atoms with E-state index in [0.29, 0.717) is 12.0 Å². The molecule has 1 aliphatic carbocycles. The van der Waals surface area contributed by atoms with Gasteiger partial charge in [0.25, 0.3) is 5.91 Å². The lowest BCUT2D eigenvalue weighted by Crippen LogP contribution is -2.28. The van der Waals surface area contributed by atoms with E-state index >= 15 is 0 Å². The minimum Gasteiger partial charge on any atom is -0.349 e. The van der Waals surface area contributed by atoms with E-state index in [1.54, 1.807) is 24.3 Å². The molecular formula is C18H19FN2O3S. The summed E-state index contributed by atoms with van der Waals surface area (Å²) < 4.78 is 40.1. The highest BCUT2D eigenvalue weighted by atomic mass is 32.2. The summed E-state index contributed by atoms with van der Waals surface area (Å²) in [7, 11) is -3.71. The van der Waals surface area contributed by atoms with Crippen LogP contribution in [0.5, 0.6) is 0 Å². The van der Waals surface area contributed by atoms with Crippen LogP contribution in [0.15, 0.2) is 53.4 Å². The maximum Gasteiger partial charge on any atom is 0.251 e. The van der Waals surface area contributed by atoms with Crippen LogP contribution in [0, 0.1) is 5.82 Å². The molecule has 7 heteroatoms. The van der Waals surface area contributed by atoms with E-state index in [2.05, 4.69) is 10.0 Å². The van der Waals surface area contributed by atoms with Crippen LogP contribution in [-0.2, 0) is 16.4 Å². The largest absolute Gasteiger partial charge is 0.349 e. The van der Waals surface area contributed by atoms with Crippen molar-refractivity contribution in [3.8, 4) is 0 Å². The molecule has 132 valence electrons. The van der Waals surface area contributed by atoms with Gasteiger partial charge in [0.05, 0.1) is 4.90 Å². The lowest BCUT2D eigenvalue weighted by atomic mass is 10.1. The van der Waals surface area contributed by atoms with Crippen LogP contribution in [0.2, 0.25) is 0 Å². The minimum absolute atomic E-state index is 0.0510. The quantitative estimate of drug-likeness (QED) is 0.793. The Balaban J connectivity index is 1.62. The minimum atomic E-state index is -3.71. The monoisotopic (exact) mass is 362 g/mol. The van der Waals surface area contributed by atoms with Gasteiger partial charge in [0.15, 0.2) is 0 Å². The fraction of sp³-hybridized carbons (Fsp3) is 0.278. The lowest BCUT2D eigenvalue weighted by molar-refractivity contribution is 0.0951. The van der Waals surface area contributed by atoms with Crippen molar-refractivity contribution in [3.63, 3.8) is 0 Å². The number of halogens is 1. The van der Waals surface area contributed by atoms with Gasteiger partial charge >= 0.3 is 0 Å². The number of carbonyl (C=O) groups excluding carboxylic acids is 1. The molecule has 1 amide bonds. The number of sulfonamides is 1. The molecule has 0 radical (unpaired) electrons. The van der Waals surface area contributed by atoms with Gasteiger partial charge in [-0.3, -0.25) is 4.79 Å². The van der Waals surface area contributed by atoms with E-state index in [4.69, 9.17) is 0 Å². The van der Waals surface area contributed by atoms with Crippen molar-refractivity contribution in [2.24, 2.45) is 0 Å². The zero-order chi connectivity index (χ0) is 17.9. The summed E-state index contributed by atoms with van der Waals surface area (Å²) in [5, 5.41) is 2.83. The van der Waals surface area contributed by atoms with E-state index < -0.39 is 10.0 Å². The van der Waals surface area contributed by atoms with E-state index in [0.717, 1.165) is 18.4 Å². The van der Waals surface area contributed by atoms with Gasteiger partial charge in [0.2, 0.25) is 10.0 Å². The third-order valence-electron chi connectivity index (χ3n) is 3.94. The highest BCUT2D eigenvalue weighted by Gasteiger charge is 2.24. The number of benzene rings is 2. The summed E-state index contributed by atoms with van der Waals surface area (Å²) in [5.41, 5.74) is 1.16. The second kappa shape index (κ2) is 7.33. The van der Waals surface area contributed by atoms with Gasteiger partial charge in [0.1, 0.15) is 5.82 Å². The van der Waals surface area contributed by atoms with Crippen molar-refractivity contribution in [1.82, 2.24) is 10.0 Å². The first-order valence-corrected chi connectivity index (χ1v) is 9.57. The highest BCUT2D eigenvalue weighted by molar-refractivity contribution is 7.89. The van der Waals surface area contributed by atoms with Crippen molar-refractivity contribution in [1.29, 1.82) is 0 Å². The van der Waals surface area contributed by atoms with Crippen LogP contribution in [0.1, 0.15) is 28.8 Å². The molecule has 25 heavy (non-hydrogen) atoms. The Morgan fingerprint density at radius 2 is 1.84 bits per heavy atom. The number of rotatable bonds is 7. The van der Waals surface area contributed by atoms with Gasteiger partial charge in [-0.15, -0.1) is 0 Å². The zero-order valence-electron chi connectivity index (χ0n) is 13.5. The smallest absolute Gasteiger partial charge is 0.251 e. The van der Waals surface area contributed by atoms with Crippen LogP contribution in [0.4, 0.5) is 4.39 Å². The molecule has 0 aliphatic heterocycles. The van der Waals surface area contributed by atoms with Gasteiger partial charge in [-0.05, 0) is 55.2 Å². The summed E-state index contributed by atoms with van der Waals surface area (Å²) in [5.74, 6) is -0.587. The average molecular weight is 362 g/mol. The zero-order valence-corrected chi connectivity index (χ0v) is 14.4. The molecule has 0 bridgehead atoms. The Bertz CT molecular complexity index is 862. The van der Waals surface area contributed by atoms with Gasteiger partial charge in [-0.2, -0.15) is 0 Å². The SMILES string of the molecule is O=C(NC1CC1)c1cccc(S(=O)(=O)NCCc2ccc(F)cc2)c1. The first kappa shape index (κ1) is 17.6. The Morgan fingerprint density at radius 3 is 2.52 bits per heavy atom. The van der Waals surface area contributed by atoms with Crippen LogP contribution < -0.4 is 10.0 Å². The molecule has 1 fully saturated rings. The van der Waals surface area contributed by atoms with Crippen molar-refractivity contribution >= 4 is 15.9 Å². The normalized spacial score (nSPS) is 14.3. The molecule has 0 heterocycles. The number of carbonyl (C=O) groups is 1. The molecule has 3 rings (SSSR count). The molecule has 2 aromatic carbocycles. The standard InChI is InChI=1S/C18H19FN2O3S/c19-15-6-4-13(5-7-15)10-11-20-25(23,24)17-3-1-2-14(12-17)18(22)21-16-8-9-16/h1-7,12,16,20H,8-11H2,(H,21,22). The van der Waals surface area contributed by atoms with E-state index in [1.807, 2.05) is 0 Å². The van der Waals surface area contributed by atoms with E-state index in [9.17, 15) is 17.6 Å². The lowest BCUT2D eigenvalue weighted by Gasteiger charge is -2.09. The number of amides is 1. The fourth-order valence-corrected chi connectivity index (χ4v) is 3.44. The Hall–Kier alpha value is -2.25. The predicted molar refractivity (Wildman–Crippen MR) is 92.2 cm³/mol. The Morgan fingerprint density at radius 1 is 1.12 bits per heavy atom. The van der Waals surface area contributed by atoms with Crippen LogP contribution >= 0.6 is 0 Å². The molecule has 2 N–H and O–H groups in total. The molecule has 0 unspecified atom stereocenters. The summed E-state index contributed by atoms with van der Waals surface area (Å²) in [4.78, 5) is 12.1. The third kappa shape index (κ3) is 4.87. The maximum absolute atomic E-state index is 12.9. The first-order chi connectivity index (χ1) is 11.9. The molecule has 0 saturated heterocycles. The summed E-state index contributed by atoms with van der Waals surface area (Å²) in [6, 6.07) is 12.1. The topological polar surface area (TPSA) is 75.3 Å². The molecular weight excluding hydrogens is 343 g/mol. The van der Waals surface area contributed by atoms with Gasteiger partial charge in [-0.1, -0.05) is 18.2 Å². The van der Waals surface area contributed by atoms with Crippen molar-refractivity contribution in [2.45, 2.75) is 30.2 Å². The predicted octanol–water partition coefficient (Wildman–Crippen LogP) is 2.24. The molecule has 0 aromatic heterocycles. The Labute approximate surface area is 146 Å². The molecule has 1 aliphatic rings. The summed E-state index contributed by atoms with van der Waals surface area (Å²) in [6.07, 6.45) is 2.38. The second-order valence-electron chi connectivity index (χ2n) is 6.05. The van der Waals surface area contributed by atoms with Crippen LogP contribution in [0.3, 0.4) is 0 Å². The molecule has 0 spiro atoms. The Kier molecular flexibility index (Phi) is 5.15. The highest BCUT2D eigenvalue weighted by Crippen LogP contribution is 2.20. The van der Waals surface area contributed by atoms with Crippen LogP contribution in [-0.4, -0.2) is 26.9 Å². The van der Waals surface area contributed by atoms with Crippen molar-refractivity contribution < 1.29 is 17.6 Å². The molecule has 5 nitrogen and oxygen atoms in total. The second-order valence-corrected chi connectivity index (χ2v) is 7.82. The molecule has 0 atom stereocenters. The number of nitrogens with one attached hydrogen (secondary N) is 2. The summed E-state index contributed by atoms with van der Waals surface area (Å²) in [6.45, 7) is 0.187. The molecule has 1 saturated carbocycles. The summed E-state index contributed by atoms with van der Waals surface area (Å²) >= 11 is 0. The number of hydrogen-bond donors (Lipinski definition) is 2. The maximum atomic E-state index is 12.9.